The Balaban J connectivity index is 0.00000210. The molecule has 0 bridgehead atoms. The maximum Gasteiger partial charge on any atom is 0.228 e. The summed E-state index contributed by atoms with van der Waals surface area (Å²) in [6, 6.07) is 14.6. The van der Waals surface area contributed by atoms with Gasteiger partial charge >= 0.3 is 0 Å². The lowest BCUT2D eigenvalue weighted by Gasteiger charge is -2.33. The lowest BCUT2D eigenvalue weighted by atomic mass is 10.0. The SMILES string of the molecule is CNC1CCN(C(=O)C2CC(=O)N(c3cccc4ccccc34)C2)CC1.Cl. The molecule has 1 N–H and O–H groups in total. The van der Waals surface area contributed by atoms with Crippen LogP contribution in [0.3, 0.4) is 0 Å². The van der Waals surface area contributed by atoms with Crippen molar-refractivity contribution >= 4 is 40.7 Å². The van der Waals surface area contributed by atoms with Gasteiger partial charge < -0.3 is 15.1 Å². The van der Waals surface area contributed by atoms with Gasteiger partial charge in [-0.2, -0.15) is 0 Å². The van der Waals surface area contributed by atoms with Crippen molar-refractivity contribution in [3.05, 3.63) is 42.5 Å². The van der Waals surface area contributed by atoms with E-state index in [1.165, 1.54) is 0 Å². The number of hydrogen-bond donors (Lipinski definition) is 1. The standard InChI is InChI=1S/C21H25N3O2.ClH/c1-22-17-9-11-23(12-10-17)21(26)16-13-20(25)24(14-16)19-8-4-6-15-5-2-3-7-18(15)19;/h2-8,16-17,22H,9-14H2,1H3;1H. The first-order chi connectivity index (χ1) is 12.7. The van der Waals surface area contributed by atoms with Crippen LogP contribution >= 0.6 is 12.4 Å². The summed E-state index contributed by atoms with van der Waals surface area (Å²) in [7, 11) is 1.97. The van der Waals surface area contributed by atoms with E-state index in [1.54, 1.807) is 4.90 Å². The first-order valence-corrected chi connectivity index (χ1v) is 9.41. The number of fused-ring (bicyclic) bond motifs is 1. The fourth-order valence-corrected chi connectivity index (χ4v) is 4.20. The molecule has 144 valence electrons. The summed E-state index contributed by atoms with van der Waals surface area (Å²) in [6.07, 6.45) is 2.28. The van der Waals surface area contributed by atoms with Gasteiger partial charge in [-0.3, -0.25) is 9.59 Å². The highest BCUT2D eigenvalue weighted by molar-refractivity contribution is 6.07. The zero-order chi connectivity index (χ0) is 18.1. The van der Waals surface area contributed by atoms with Gasteiger partial charge in [0.05, 0.1) is 11.6 Å². The van der Waals surface area contributed by atoms with Crippen LogP contribution in [-0.4, -0.2) is 49.4 Å². The third-order valence-corrected chi connectivity index (χ3v) is 5.75. The first kappa shape index (κ1) is 19.6. The van der Waals surface area contributed by atoms with Gasteiger partial charge in [-0.15, -0.1) is 12.4 Å². The zero-order valence-electron chi connectivity index (χ0n) is 15.6. The Kier molecular flexibility index (Phi) is 6.02. The molecular weight excluding hydrogens is 362 g/mol. The van der Waals surface area contributed by atoms with Crippen LogP contribution in [0.15, 0.2) is 42.5 Å². The summed E-state index contributed by atoms with van der Waals surface area (Å²) in [5.41, 5.74) is 0.914. The van der Waals surface area contributed by atoms with Gasteiger partial charge in [-0.25, -0.2) is 0 Å². The van der Waals surface area contributed by atoms with E-state index in [1.807, 2.05) is 54.4 Å². The van der Waals surface area contributed by atoms with E-state index in [0.717, 1.165) is 42.4 Å². The van der Waals surface area contributed by atoms with Crippen LogP contribution in [-0.2, 0) is 9.59 Å². The summed E-state index contributed by atoms with van der Waals surface area (Å²) in [5, 5.41) is 5.46. The monoisotopic (exact) mass is 387 g/mol. The highest BCUT2D eigenvalue weighted by Gasteiger charge is 2.38. The van der Waals surface area contributed by atoms with Crippen molar-refractivity contribution < 1.29 is 9.59 Å². The van der Waals surface area contributed by atoms with Crippen molar-refractivity contribution in [3.63, 3.8) is 0 Å². The molecule has 2 heterocycles. The van der Waals surface area contributed by atoms with E-state index >= 15 is 0 Å². The first-order valence-electron chi connectivity index (χ1n) is 9.41. The van der Waals surface area contributed by atoms with Gasteiger partial charge in [-0.1, -0.05) is 36.4 Å². The number of carbonyl (C=O) groups excluding carboxylic acids is 2. The number of benzene rings is 2. The van der Waals surface area contributed by atoms with Crippen molar-refractivity contribution in [2.24, 2.45) is 5.92 Å². The van der Waals surface area contributed by atoms with E-state index in [-0.39, 0.29) is 30.1 Å². The number of likely N-dealkylation sites (tertiary alicyclic amines) is 1. The molecule has 0 aliphatic carbocycles. The normalized spacial score (nSPS) is 20.8. The predicted octanol–water partition coefficient (Wildman–Crippen LogP) is 2.82. The molecule has 2 aromatic carbocycles. The minimum absolute atomic E-state index is 0. The second-order valence-corrected chi connectivity index (χ2v) is 7.29. The molecule has 0 spiro atoms. The van der Waals surface area contributed by atoms with Crippen LogP contribution in [0, 0.1) is 5.92 Å². The second kappa shape index (κ2) is 8.28. The van der Waals surface area contributed by atoms with Crippen molar-refractivity contribution in [1.29, 1.82) is 0 Å². The number of nitrogens with one attached hydrogen (secondary N) is 1. The Bertz CT molecular complexity index is 828. The van der Waals surface area contributed by atoms with Crippen LogP contribution in [0.4, 0.5) is 5.69 Å². The molecule has 5 nitrogen and oxygen atoms in total. The van der Waals surface area contributed by atoms with E-state index in [9.17, 15) is 9.59 Å². The van der Waals surface area contributed by atoms with Gasteiger partial charge in [0, 0.05) is 37.5 Å². The third kappa shape index (κ3) is 3.80. The molecule has 2 aliphatic rings. The van der Waals surface area contributed by atoms with Gasteiger partial charge in [0.25, 0.3) is 0 Å². The number of nitrogens with zero attached hydrogens (tertiary/aromatic N) is 2. The summed E-state index contributed by atoms with van der Waals surface area (Å²) in [5.74, 6) is -0.0481. The summed E-state index contributed by atoms with van der Waals surface area (Å²) >= 11 is 0. The average Bonchev–Trinajstić information content (AvgIpc) is 3.08. The summed E-state index contributed by atoms with van der Waals surface area (Å²) in [6.45, 7) is 2.05. The third-order valence-electron chi connectivity index (χ3n) is 5.75. The molecule has 0 radical (unpaired) electrons. The number of piperidine rings is 1. The quantitative estimate of drug-likeness (QED) is 0.881. The summed E-state index contributed by atoms with van der Waals surface area (Å²) < 4.78 is 0. The van der Waals surface area contributed by atoms with Crippen LogP contribution in [0.25, 0.3) is 10.8 Å². The van der Waals surface area contributed by atoms with Gasteiger partial charge in [0.15, 0.2) is 0 Å². The van der Waals surface area contributed by atoms with E-state index in [4.69, 9.17) is 0 Å². The fraction of sp³-hybridized carbons (Fsp3) is 0.429. The maximum absolute atomic E-state index is 12.9. The smallest absolute Gasteiger partial charge is 0.228 e. The zero-order valence-corrected chi connectivity index (χ0v) is 16.4. The van der Waals surface area contributed by atoms with Crippen molar-refractivity contribution in [2.45, 2.75) is 25.3 Å². The van der Waals surface area contributed by atoms with Crippen molar-refractivity contribution in [1.82, 2.24) is 10.2 Å². The Morgan fingerprint density at radius 3 is 2.52 bits per heavy atom. The lowest BCUT2D eigenvalue weighted by Crippen LogP contribution is -2.46. The number of amides is 2. The van der Waals surface area contributed by atoms with Gasteiger partial charge in [0.2, 0.25) is 11.8 Å². The Labute approximate surface area is 166 Å². The lowest BCUT2D eigenvalue weighted by molar-refractivity contribution is -0.136. The molecule has 0 saturated carbocycles. The van der Waals surface area contributed by atoms with Crippen molar-refractivity contribution in [2.75, 3.05) is 31.6 Å². The van der Waals surface area contributed by atoms with Gasteiger partial charge in [-0.05, 0) is 31.3 Å². The number of anilines is 1. The molecule has 2 aliphatic heterocycles. The second-order valence-electron chi connectivity index (χ2n) is 7.29. The molecule has 0 aromatic heterocycles. The maximum atomic E-state index is 12.9. The van der Waals surface area contributed by atoms with Crippen LogP contribution in [0.2, 0.25) is 0 Å². The summed E-state index contributed by atoms with van der Waals surface area (Å²) in [4.78, 5) is 29.3. The Morgan fingerprint density at radius 2 is 1.78 bits per heavy atom. The fourth-order valence-electron chi connectivity index (χ4n) is 4.20. The number of hydrogen-bond acceptors (Lipinski definition) is 3. The molecule has 2 amide bonds. The number of halogens is 1. The van der Waals surface area contributed by atoms with Crippen molar-refractivity contribution in [3.8, 4) is 0 Å². The molecule has 1 unspecified atom stereocenters. The number of rotatable bonds is 3. The van der Waals surface area contributed by atoms with Crippen LogP contribution < -0.4 is 10.2 Å². The van der Waals surface area contributed by atoms with E-state index in [0.29, 0.717) is 19.0 Å². The van der Waals surface area contributed by atoms with E-state index in [2.05, 4.69) is 5.32 Å². The highest BCUT2D eigenvalue weighted by Crippen LogP contribution is 2.32. The minimum Gasteiger partial charge on any atom is -0.342 e. The van der Waals surface area contributed by atoms with E-state index < -0.39 is 0 Å². The largest absolute Gasteiger partial charge is 0.342 e. The van der Waals surface area contributed by atoms with Gasteiger partial charge in [0.1, 0.15) is 0 Å². The molecule has 2 fully saturated rings. The molecule has 2 aromatic rings. The number of carbonyl (C=O) groups is 2. The molecule has 27 heavy (non-hydrogen) atoms. The minimum atomic E-state index is -0.229. The Morgan fingerprint density at radius 1 is 1.07 bits per heavy atom. The molecule has 4 rings (SSSR count). The van der Waals surface area contributed by atoms with Crippen LogP contribution in [0.5, 0.6) is 0 Å². The predicted molar refractivity (Wildman–Crippen MR) is 110 cm³/mol. The van der Waals surface area contributed by atoms with Crippen LogP contribution in [0.1, 0.15) is 19.3 Å². The molecule has 6 heteroatoms. The topological polar surface area (TPSA) is 52.7 Å². The average molecular weight is 388 g/mol. The Hall–Kier alpha value is -2.11. The highest BCUT2D eigenvalue weighted by atomic mass is 35.5. The molecular formula is C21H26ClN3O2. The molecule has 1 atom stereocenters. The molecule has 2 saturated heterocycles.